The fourth-order valence-corrected chi connectivity index (χ4v) is 3.89. The Hall–Kier alpha value is -3.46. The van der Waals surface area contributed by atoms with E-state index in [0.29, 0.717) is 5.89 Å². The van der Waals surface area contributed by atoms with Gasteiger partial charge in [-0.3, -0.25) is 0 Å². The maximum atomic E-state index is 5.46. The summed E-state index contributed by atoms with van der Waals surface area (Å²) in [7, 11) is 0. The Balaban J connectivity index is 1.56. The molecule has 0 saturated heterocycles. The molecule has 0 aliphatic rings. The highest BCUT2D eigenvalue weighted by Crippen LogP contribution is 2.35. The van der Waals surface area contributed by atoms with Crippen molar-refractivity contribution in [1.29, 1.82) is 0 Å². The van der Waals surface area contributed by atoms with Crippen LogP contribution < -0.4 is 0 Å². The van der Waals surface area contributed by atoms with E-state index in [1.54, 1.807) is 0 Å². The Morgan fingerprint density at radius 2 is 1.45 bits per heavy atom. The van der Waals surface area contributed by atoms with Crippen LogP contribution in [0.2, 0.25) is 0 Å². The predicted molar refractivity (Wildman–Crippen MR) is 119 cm³/mol. The van der Waals surface area contributed by atoms with Gasteiger partial charge >= 0.3 is 0 Å². The van der Waals surface area contributed by atoms with Gasteiger partial charge in [0.2, 0.25) is 0 Å². The highest BCUT2D eigenvalue weighted by Gasteiger charge is 2.11. The minimum absolute atomic E-state index is 0.589. The summed E-state index contributed by atoms with van der Waals surface area (Å²) in [6.45, 7) is 2.16. The zero-order valence-electron chi connectivity index (χ0n) is 16.4. The normalized spacial score (nSPS) is 11.3. The van der Waals surface area contributed by atoms with E-state index in [-0.39, 0.29) is 0 Å². The largest absolute Gasteiger partial charge is 0.334 e. The van der Waals surface area contributed by atoms with Crippen molar-refractivity contribution < 1.29 is 4.52 Å². The molecule has 4 aromatic carbocycles. The maximum absolute atomic E-state index is 5.46. The van der Waals surface area contributed by atoms with Gasteiger partial charge in [-0.25, -0.2) is 0 Å². The van der Waals surface area contributed by atoms with Crippen LogP contribution in [0.3, 0.4) is 0 Å². The second-order valence-electron chi connectivity index (χ2n) is 7.39. The average molecular weight is 378 g/mol. The molecule has 29 heavy (non-hydrogen) atoms. The molecule has 3 heteroatoms. The van der Waals surface area contributed by atoms with E-state index in [2.05, 4.69) is 95.9 Å². The quantitative estimate of drug-likeness (QED) is 0.307. The third kappa shape index (κ3) is 3.29. The van der Waals surface area contributed by atoms with Gasteiger partial charge in [-0.1, -0.05) is 79.2 Å². The first-order valence-electron chi connectivity index (χ1n) is 10.2. The first-order chi connectivity index (χ1) is 14.3. The van der Waals surface area contributed by atoms with Gasteiger partial charge in [0.25, 0.3) is 5.89 Å². The van der Waals surface area contributed by atoms with Gasteiger partial charge in [-0.05, 0) is 57.3 Å². The molecule has 1 heterocycles. The molecule has 0 atom stereocenters. The van der Waals surface area contributed by atoms with Gasteiger partial charge in [0.15, 0.2) is 5.82 Å². The summed E-state index contributed by atoms with van der Waals surface area (Å²) in [6, 6.07) is 27.9. The lowest BCUT2D eigenvalue weighted by molar-refractivity contribution is 0.421. The fraction of sp³-hybridized carbons (Fsp3) is 0.154. The molecule has 0 saturated carbocycles. The zero-order valence-corrected chi connectivity index (χ0v) is 16.4. The monoisotopic (exact) mass is 378 g/mol. The second-order valence-corrected chi connectivity index (χ2v) is 7.39. The van der Waals surface area contributed by atoms with Gasteiger partial charge < -0.3 is 4.52 Å². The topological polar surface area (TPSA) is 38.9 Å². The number of benzene rings is 4. The van der Waals surface area contributed by atoms with Gasteiger partial charge in [-0.2, -0.15) is 4.98 Å². The predicted octanol–water partition coefficient (Wildman–Crippen LogP) is 7.05. The van der Waals surface area contributed by atoms with Crippen molar-refractivity contribution in [2.75, 3.05) is 0 Å². The molecular formula is C26H22N2O. The van der Waals surface area contributed by atoms with E-state index >= 15 is 0 Å². The smallest absolute Gasteiger partial charge is 0.257 e. The van der Waals surface area contributed by atoms with Crippen molar-refractivity contribution in [3.8, 4) is 22.6 Å². The van der Waals surface area contributed by atoms with Crippen LogP contribution in [-0.2, 0) is 6.42 Å². The van der Waals surface area contributed by atoms with Gasteiger partial charge in [-0.15, -0.1) is 0 Å². The van der Waals surface area contributed by atoms with Gasteiger partial charge in [0.05, 0.1) is 0 Å². The Morgan fingerprint density at radius 1 is 0.759 bits per heavy atom. The van der Waals surface area contributed by atoms with E-state index in [0.717, 1.165) is 30.7 Å². The van der Waals surface area contributed by atoms with E-state index in [1.807, 2.05) is 0 Å². The summed E-state index contributed by atoms with van der Waals surface area (Å²) in [6.07, 6.45) is 3.06. The average Bonchev–Trinajstić information content (AvgIpc) is 3.26. The minimum atomic E-state index is 0.589. The summed E-state index contributed by atoms with van der Waals surface area (Å²) in [4.78, 5) is 4.53. The van der Waals surface area contributed by atoms with Crippen molar-refractivity contribution >= 4 is 21.5 Å². The number of aromatic nitrogens is 2. The van der Waals surface area contributed by atoms with E-state index in [4.69, 9.17) is 4.52 Å². The van der Waals surface area contributed by atoms with Crippen molar-refractivity contribution in [2.24, 2.45) is 0 Å². The molecule has 0 aliphatic heterocycles. The van der Waals surface area contributed by atoms with E-state index in [1.165, 1.54) is 32.7 Å². The molecule has 5 rings (SSSR count). The van der Waals surface area contributed by atoms with Crippen LogP contribution in [0, 0.1) is 0 Å². The molecule has 0 N–H and O–H groups in total. The standard InChI is InChI=1S/C26H22N2O/c1-2-3-12-25-27-26(29-28-25)19-15-13-18(14-16-19)24-17-20-8-4-5-9-21(20)22-10-6-7-11-23(22)24/h4-11,13-17H,2-3,12H2,1H3. The van der Waals surface area contributed by atoms with Gasteiger partial charge in [0.1, 0.15) is 0 Å². The van der Waals surface area contributed by atoms with Crippen LogP contribution in [0.15, 0.2) is 83.4 Å². The maximum Gasteiger partial charge on any atom is 0.257 e. The summed E-state index contributed by atoms with van der Waals surface area (Å²) in [5, 5.41) is 9.18. The summed E-state index contributed by atoms with van der Waals surface area (Å²) >= 11 is 0. The highest BCUT2D eigenvalue weighted by molar-refractivity contribution is 6.13. The number of hydrogen-bond donors (Lipinski definition) is 0. The first kappa shape index (κ1) is 17.6. The Labute approximate surface area is 170 Å². The minimum Gasteiger partial charge on any atom is -0.334 e. The molecule has 0 aliphatic carbocycles. The number of aryl methyl sites for hydroxylation is 1. The van der Waals surface area contributed by atoms with Crippen molar-refractivity contribution in [2.45, 2.75) is 26.2 Å². The Kier molecular flexibility index (Phi) is 4.57. The van der Waals surface area contributed by atoms with Gasteiger partial charge in [0, 0.05) is 12.0 Å². The molecule has 5 aromatic rings. The van der Waals surface area contributed by atoms with Crippen LogP contribution in [0.25, 0.3) is 44.1 Å². The van der Waals surface area contributed by atoms with Crippen LogP contribution in [0.5, 0.6) is 0 Å². The van der Waals surface area contributed by atoms with Crippen LogP contribution >= 0.6 is 0 Å². The molecular weight excluding hydrogens is 356 g/mol. The Bertz CT molecular complexity index is 1290. The highest BCUT2D eigenvalue weighted by atomic mass is 16.5. The van der Waals surface area contributed by atoms with Crippen molar-refractivity contribution in [1.82, 2.24) is 10.1 Å². The van der Waals surface area contributed by atoms with Crippen molar-refractivity contribution in [3.05, 3.63) is 84.7 Å². The van der Waals surface area contributed by atoms with Crippen LogP contribution in [0.4, 0.5) is 0 Å². The number of hydrogen-bond acceptors (Lipinski definition) is 3. The molecule has 3 nitrogen and oxygen atoms in total. The second kappa shape index (κ2) is 7.51. The number of rotatable bonds is 5. The third-order valence-electron chi connectivity index (χ3n) is 5.43. The third-order valence-corrected chi connectivity index (χ3v) is 5.43. The van der Waals surface area contributed by atoms with E-state index in [9.17, 15) is 0 Å². The zero-order chi connectivity index (χ0) is 19.6. The molecule has 0 fully saturated rings. The lowest BCUT2D eigenvalue weighted by atomic mass is 9.93. The lowest BCUT2D eigenvalue weighted by Crippen LogP contribution is -1.87. The number of fused-ring (bicyclic) bond motifs is 3. The molecule has 0 amide bonds. The number of unbranched alkanes of at least 4 members (excludes halogenated alkanes) is 1. The molecule has 0 spiro atoms. The lowest BCUT2D eigenvalue weighted by Gasteiger charge is -2.11. The molecule has 1 aromatic heterocycles. The summed E-state index contributed by atoms with van der Waals surface area (Å²) in [5.74, 6) is 1.37. The van der Waals surface area contributed by atoms with Crippen LogP contribution in [0.1, 0.15) is 25.6 Å². The fourth-order valence-electron chi connectivity index (χ4n) is 3.89. The summed E-state index contributed by atoms with van der Waals surface area (Å²) in [5.41, 5.74) is 3.37. The first-order valence-corrected chi connectivity index (χ1v) is 10.2. The molecule has 0 bridgehead atoms. The van der Waals surface area contributed by atoms with Crippen LogP contribution in [-0.4, -0.2) is 10.1 Å². The SMILES string of the molecule is CCCCc1noc(-c2ccc(-c3cc4ccccc4c4ccccc34)cc2)n1. The van der Waals surface area contributed by atoms with E-state index < -0.39 is 0 Å². The van der Waals surface area contributed by atoms with Crippen molar-refractivity contribution in [3.63, 3.8) is 0 Å². The molecule has 0 unspecified atom stereocenters. The molecule has 142 valence electrons. The Morgan fingerprint density at radius 3 is 2.24 bits per heavy atom. The number of nitrogens with zero attached hydrogens (tertiary/aromatic N) is 2. The summed E-state index contributed by atoms with van der Waals surface area (Å²) < 4.78 is 5.46. The molecule has 0 radical (unpaired) electrons.